The minimum absolute atomic E-state index is 0.173. The van der Waals surface area contributed by atoms with E-state index in [-0.39, 0.29) is 17.2 Å². The van der Waals surface area contributed by atoms with Gasteiger partial charge in [-0.25, -0.2) is 9.97 Å². The predicted molar refractivity (Wildman–Crippen MR) is 126 cm³/mol. The predicted octanol–water partition coefficient (Wildman–Crippen LogP) is 4.54. The number of anilines is 1. The number of nitrogens with zero attached hydrogens (tertiary/aromatic N) is 4. The summed E-state index contributed by atoms with van der Waals surface area (Å²) in [4.78, 5) is 40.5. The van der Waals surface area contributed by atoms with Crippen LogP contribution in [0.4, 0.5) is 18.9 Å². The van der Waals surface area contributed by atoms with Crippen molar-refractivity contribution in [2.24, 2.45) is 0 Å². The summed E-state index contributed by atoms with van der Waals surface area (Å²) < 4.78 is 38.8. The Balaban J connectivity index is 1.63. The number of aryl methyl sites for hydroxylation is 1. The molecule has 2 amide bonds. The summed E-state index contributed by atoms with van der Waals surface area (Å²) >= 11 is 0. The molecule has 182 valence electrons. The van der Waals surface area contributed by atoms with Crippen LogP contribution in [0.1, 0.15) is 32.1 Å². The number of aromatic nitrogens is 4. The third-order valence-electron chi connectivity index (χ3n) is 5.27. The van der Waals surface area contributed by atoms with Crippen molar-refractivity contribution in [1.29, 1.82) is 0 Å². The van der Waals surface area contributed by atoms with Crippen LogP contribution in [0.25, 0.3) is 22.5 Å². The van der Waals surface area contributed by atoms with Crippen molar-refractivity contribution < 1.29 is 22.8 Å². The summed E-state index contributed by atoms with van der Waals surface area (Å²) in [5.41, 5.74) is 2.58. The molecule has 0 fully saturated rings. The SMILES string of the molecule is CNC(=O)c1cc(-c2cc(-c3cc(NC(=O)c4ccnc(C(F)(F)F)c4)ccc3C)ncn2)ccn1. The van der Waals surface area contributed by atoms with Gasteiger partial charge in [-0.15, -0.1) is 0 Å². The maximum absolute atomic E-state index is 12.9. The molecule has 8 nitrogen and oxygen atoms in total. The Hall–Kier alpha value is -4.67. The Morgan fingerprint density at radius 3 is 2.33 bits per heavy atom. The molecular weight excluding hydrogens is 473 g/mol. The Morgan fingerprint density at radius 2 is 1.58 bits per heavy atom. The first-order chi connectivity index (χ1) is 17.2. The van der Waals surface area contributed by atoms with Crippen LogP contribution in [0.2, 0.25) is 0 Å². The van der Waals surface area contributed by atoms with Crippen LogP contribution in [-0.4, -0.2) is 38.8 Å². The van der Waals surface area contributed by atoms with Crippen LogP contribution in [-0.2, 0) is 6.18 Å². The van der Waals surface area contributed by atoms with Gasteiger partial charge in [-0.05, 0) is 55.0 Å². The first-order valence-corrected chi connectivity index (χ1v) is 10.6. The van der Waals surface area contributed by atoms with Gasteiger partial charge in [0.2, 0.25) is 0 Å². The number of carbonyl (C=O) groups excluding carboxylic acids is 2. The van der Waals surface area contributed by atoms with Gasteiger partial charge < -0.3 is 10.6 Å². The number of benzene rings is 1. The summed E-state index contributed by atoms with van der Waals surface area (Å²) in [5.74, 6) is -1.04. The molecule has 0 bridgehead atoms. The fourth-order valence-corrected chi connectivity index (χ4v) is 3.41. The highest BCUT2D eigenvalue weighted by Gasteiger charge is 2.33. The number of amides is 2. The summed E-state index contributed by atoms with van der Waals surface area (Å²) in [6.07, 6.45) is -0.833. The first kappa shape index (κ1) is 24.5. The summed E-state index contributed by atoms with van der Waals surface area (Å²) in [6, 6.07) is 12.0. The molecule has 3 aromatic heterocycles. The number of hydrogen-bond acceptors (Lipinski definition) is 6. The molecule has 4 rings (SSSR count). The van der Waals surface area contributed by atoms with Gasteiger partial charge in [0.05, 0.1) is 11.4 Å². The van der Waals surface area contributed by atoms with Gasteiger partial charge in [0.25, 0.3) is 11.8 Å². The smallest absolute Gasteiger partial charge is 0.354 e. The van der Waals surface area contributed by atoms with Crippen LogP contribution in [0, 0.1) is 6.92 Å². The Kier molecular flexibility index (Phi) is 6.73. The lowest BCUT2D eigenvalue weighted by atomic mass is 10.0. The lowest BCUT2D eigenvalue weighted by Gasteiger charge is -2.12. The van der Waals surface area contributed by atoms with E-state index in [0.29, 0.717) is 34.3 Å². The number of hydrogen-bond donors (Lipinski definition) is 2. The van der Waals surface area contributed by atoms with Crippen molar-refractivity contribution in [2.45, 2.75) is 13.1 Å². The van der Waals surface area contributed by atoms with Gasteiger partial charge >= 0.3 is 6.18 Å². The van der Waals surface area contributed by atoms with E-state index in [9.17, 15) is 22.8 Å². The van der Waals surface area contributed by atoms with Gasteiger partial charge in [0, 0.05) is 41.8 Å². The van der Waals surface area contributed by atoms with E-state index in [2.05, 4.69) is 30.6 Å². The fourth-order valence-electron chi connectivity index (χ4n) is 3.41. The largest absolute Gasteiger partial charge is 0.433 e. The molecule has 3 heterocycles. The van der Waals surface area contributed by atoms with Crippen molar-refractivity contribution in [2.75, 3.05) is 12.4 Å². The van der Waals surface area contributed by atoms with Crippen molar-refractivity contribution in [3.8, 4) is 22.5 Å². The summed E-state index contributed by atoms with van der Waals surface area (Å²) in [6.45, 7) is 1.86. The van der Waals surface area contributed by atoms with Crippen LogP contribution in [0.5, 0.6) is 0 Å². The maximum atomic E-state index is 12.9. The average Bonchev–Trinajstić information content (AvgIpc) is 2.89. The average molecular weight is 492 g/mol. The summed E-state index contributed by atoms with van der Waals surface area (Å²) in [7, 11) is 1.51. The monoisotopic (exact) mass is 492 g/mol. The van der Waals surface area contributed by atoms with Gasteiger partial charge in [-0.3, -0.25) is 19.6 Å². The zero-order chi connectivity index (χ0) is 25.9. The third-order valence-corrected chi connectivity index (χ3v) is 5.27. The normalized spacial score (nSPS) is 11.1. The molecule has 0 saturated carbocycles. The molecule has 2 N–H and O–H groups in total. The minimum atomic E-state index is -4.66. The zero-order valence-electron chi connectivity index (χ0n) is 19.1. The molecule has 0 radical (unpaired) electrons. The lowest BCUT2D eigenvalue weighted by molar-refractivity contribution is -0.141. The van der Waals surface area contributed by atoms with Gasteiger partial charge in [0.1, 0.15) is 17.7 Å². The highest BCUT2D eigenvalue weighted by atomic mass is 19.4. The quantitative estimate of drug-likeness (QED) is 0.423. The van der Waals surface area contributed by atoms with Crippen LogP contribution in [0.15, 0.2) is 67.3 Å². The lowest BCUT2D eigenvalue weighted by Crippen LogP contribution is -2.19. The molecule has 0 aliphatic carbocycles. The molecule has 0 atom stereocenters. The zero-order valence-corrected chi connectivity index (χ0v) is 19.1. The topological polar surface area (TPSA) is 110 Å². The number of rotatable bonds is 5. The van der Waals surface area contributed by atoms with E-state index in [4.69, 9.17) is 0 Å². The Bertz CT molecular complexity index is 1460. The van der Waals surface area contributed by atoms with Crippen LogP contribution < -0.4 is 10.6 Å². The Morgan fingerprint density at radius 1 is 0.833 bits per heavy atom. The molecule has 0 saturated heterocycles. The molecule has 4 aromatic rings. The number of halogens is 3. The van der Waals surface area contributed by atoms with E-state index < -0.39 is 17.8 Å². The van der Waals surface area contributed by atoms with E-state index in [0.717, 1.165) is 11.8 Å². The minimum Gasteiger partial charge on any atom is -0.354 e. The van der Waals surface area contributed by atoms with E-state index in [1.165, 1.54) is 25.6 Å². The van der Waals surface area contributed by atoms with E-state index in [1.54, 1.807) is 36.4 Å². The molecule has 0 spiro atoms. The highest BCUT2D eigenvalue weighted by Crippen LogP contribution is 2.29. The van der Waals surface area contributed by atoms with Gasteiger partial charge in [-0.1, -0.05) is 6.07 Å². The van der Waals surface area contributed by atoms with Crippen molar-refractivity contribution in [3.05, 3.63) is 89.8 Å². The van der Waals surface area contributed by atoms with Gasteiger partial charge in [0.15, 0.2) is 0 Å². The standard InChI is InChI=1S/C25H19F3N6O2/c1-14-3-4-17(34-23(35)16-6-8-31-22(10-16)25(26,27)28)11-18(14)20-12-19(32-13-33-20)15-5-7-30-21(9-15)24(36)29-2/h3-13H,1-2H3,(H,29,36)(H,34,35). The highest BCUT2D eigenvalue weighted by molar-refractivity contribution is 6.04. The van der Waals surface area contributed by atoms with Crippen molar-refractivity contribution >= 4 is 17.5 Å². The number of carbonyl (C=O) groups is 2. The molecular formula is C25H19F3N6O2. The van der Waals surface area contributed by atoms with Crippen LogP contribution >= 0.6 is 0 Å². The van der Waals surface area contributed by atoms with Gasteiger partial charge in [-0.2, -0.15) is 13.2 Å². The molecule has 36 heavy (non-hydrogen) atoms. The number of nitrogens with one attached hydrogen (secondary N) is 2. The fraction of sp³-hybridized carbons (Fsp3) is 0.120. The molecule has 11 heteroatoms. The van der Waals surface area contributed by atoms with E-state index >= 15 is 0 Å². The molecule has 0 unspecified atom stereocenters. The Labute approximate surface area is 203 Å². The summed E-state index contributed by atoms with van der Waals surface area (Å²) in [5, 5.41) is 5.14. The number of pyridine rings is 2. The first-order valence-electron chi connectivity index (χ1n) is 10.6. The number of alkyl halides is 3. The molecule has 0 aliphatic heterocycles. The third kappa shape index (κ3) is 5.35. The van der Waals surface area contributed by atoms with E-state index in [1.807, 2.05) is 6.92 Å². The second kappa shape index (κ2) is 9.90. The van der Waals surface area contributed by atoms with Crippen molar-refractivity contribution in [1.82, 2.24) is 25.3 Å². The second-order valence-electron chi connectivity index (χ2n) is 7.71. The van der Waals surface area contributed by atoms with Crippen LogP contribution in [0.3, 0.4) is 0 Å². The maximum Gasteiger partial charge on any atom is 0.433 e. The second-order valence-corrected chi connectivity index (χ2v) is 7.71. The van der Waals surface area contributed by atoms with Crippen molar-refractivity contribution in [3.63, 3.8) is 0 Å². The molecule has 1 aromatic carbocycles. The molecule has 0 aliphatic rings.